The van der Waals surface area contributed by atoms with Gasteiger partial charge in [-0.3, -0.25) is 9.88 Å². The Bertz CT molecular complexity index is 1690. The number of anilines is 2. The highest BCUT2D eigenvalue weighted by molar-refractivity contribution is 6.09. The number of nitrogens with one attached hydrogen (secondary N) is 2. The number of ether oxygens (including phenoxy) is 3. The second kappa shape index (κ2) is 15.6. The molecule has 0 aliphatic carbocycles. The van der Waals surface area contributed by atoms with Crippen molar-refractivity contribution in [3.8, 4) is 11.1 Å². The van der Waals surface area contributed by atoms with Crippen LogP contribution in [-0.4, -0.2) is 61.7 Å². The van der Waals surface area contributed by atoms with Crippen LogP contribution in [0.25, 0.3) is 21.9 Å². The van der Waals surface area contributed by atoms with Gasteiger partial charge in [0, 0.05) is 49.1 Å². The fourth-order valence-electron chi connectivity index (χ4n) is 6.52. The number of rotatable bonds is 10. The number of carbonyl (C=O) groups excluding carboxylic acids is 1. The van der Waals surface area contributed by atoms with Crippen molar-refractivity contribution in [3.05, 3.63) is 89.2 Å². The molecule has 0 radical (unpaired) electrons. The number of benzene rings is 3. The van der Waals surface area contributed by atoms with E-state index < -0.39 is 0 Å². The van der Waals surface area contributed by atoms with Gasteiger partial charge in [0.2, 0.25) is 0 Å². The predicted molar refractivity (Wildman–Crippen MR) is 194 cm³/mol. The highest BCUT2D eigenvalue weighted by Crippen LogP contribution is 2.34. The first-order valence-electron chi connectivity index (χ1n) is 17.5. The minimum atomic E-state index is -0.264. The molecule has 4 aromatic rings. The number of carbonyl (C=O) groups is 1. The molecule has 2 aliphatic rings. The van der Waals surface area contributed by atoms with Crippen molar-refractivity contribution in [1.29, 1.82) is 0 Å². The van der Waals surface area contributed by atoms with Crippen LogP contribution in [0.2, 0.25) is 0 Å². The first-order chi connectivity index (χ1) is 23.2. The number of aryl methyl sites for hydroxylation is 1. The Morgan fingerprint density at radius 1 is 0.958 bits per heavy atom. The maximum Gasteiger partial charge on any atom is 0.323 e. The van der Waals surface area contributed by atoms with Crippen molar-refractivity contribution in [1.82, 2.24) is 9.88 Å². The third kappa shape index (κ3) is 8.60. The number of morpholine rings is 1. The topological polar surface area (TPSA) is 85.0 Å². The molecule has 8 heteroatoms. The summed E-state index contributed by atoms with van der Waals surface area (Å²) in [7, 11) is 0. The Labute approximate surface area is 285 Å². The Balaban J connectivity index is 1.16. The van der Waals surface area contributed by atoms with Crippen LogP contribution in [0.4, 0.5) is 16.2 Å². The molecule has 2 aliphatic heterocycles. The zero-order valence-electron chi connectivity index (χ0n) is 28.9. The lowest BCUT2D eigenvalue weighted by Gasteiger charge is -2.26. The maximum absolute atomic E-state index is 13.6. The van der Waals surface area contributed by atoms with E-state index in [1.54, 1.807) is 0 Å². The minimum Gasteiger partial charge on any atom is -0.379 e. The van der Waals surface area contributed by atoms with E-state index in [2.05, 4.69) is 85.7 Å². The van der Waals surface area contributed by atoms with Gasteiger partial charge in [-0.2, -0.15) is 0 Å². The number of nitrogens with zero attached hydrogens (tertiary/aromatic N) is 2. The van der Waals surface area contributed by atoms with E-state index in [1.165, 1.54) is 11.1 Å². The molecule has 2 saturated heterocycles. The van der Waals surface area contributed by atoms with Crippen LogP contribution in [0, 0.1) is 6.92 Å². The van der Waals surface area contributed by atoms with Crippen molar-refractivity contribution < 1.29 is 19.0 Å². The van der Waals surface area contributed by atoms with E-state index in [-0.39, 0.29) is 17.7 Å². The predicted octanol–water partition coefficient (Wildman–Crippen LogP) is 8.46. The molecular weight excluding hydrogens is 600 g/mol. The Morgan fingerprint density at radius 2 is 1.75 bits per heavy atom. The molecule has 3 aromatic carbocycles. The number of pyridine rings is 1. The summed E-state index contributed by atoms with van der Waals surface area (Å²) in [5.41, 5.74) is 8.20. The summed E-state index contributed by atoms with van der Waals surface area (Å²) in [6.45, 7) is 14.4. The second-order valence-electron chi connectivity index (χ2n) is 14.0. The van der Waals surface area contributed by atoms with E-state index >= 15 is 0 Å². The van der Waals surface area contributed by atoms with Gasteiger partial charge in [0.05, 0.1) is 31.2 Å². The van der Waals surface area contributed by atoms with Gasteiger partial charge in [0.1, 0.15) is 0 Å². The molecule has 8 nitrogen and oxygen atoms in total. The van der Waals surface area contributed by atoms with Crippen molar-refractivity contribution in [2.75, 3.05) is 50.2 Å². The summed E-state index contributed by atoms with van der Waals surface area (Å²) < 4.78 is 17.2. The van der Waals surface area contributed by atoms with E-state index in [0.717, 1.165) is 116 Å². The average molecular weight is 651 g/mol. The molecule has 2 fully saturated rings. The third-order valence-electron chi connectivity index (χ3n) is 9.46. The maximum atomic E-state index is 13.6. The molecule has 1 atom stereocenters. The monoisotopic (exact) mass is 650 g/mol. The Kier molecular flexibility index (Phi) is 11.1. The number of fused-ring (bicyclic) bond motifs is 1. The smallest absolute Gasteiger partial charge is 0.323 e. The summed E-state index contributed by atoms with van der Waals surface area (Å²) in [6.07, 6.45) is 6.89. The van der Waals surface area contributed by atoms with Crippen molar-refractivity contribution in [2.24, 2.45) is 0 Å². The molecular formula is C40H50N4O4. The van der Waals surface area contributed by atoms with E-state index in [1.807, 2.05) is 24.4 Å². The molecule has 6 rings (SSSR count). The average Bonchev–Trinajstić information content (AvgIpc) is 3.09. The fourth-order valence-corrected chi connectivity index (χ4v) is 6.52. The second-order valence-corrected chi connectivity index (χ2v) is 14.0. The van der Waals surface area contributed by atoms with E-state index in [4.69, 9.17) is 19.2 Å². The largest absolute Gasteiger partial charge is 0.379 e. The zero-order chi connectivity index (χ0) is 33.5. The Hall–Kier alpha value is -3.82. The van der Waals surface area contributed by atoms with Crippen molar-refractivity contribution in [2.45, 2.75) is 78.0 Å². The van der Waals surface area contributed by atoms with Gasteiger partial charge in [-0.15, -0.1) is 0 Å². The van der Waals surface area contributed by atoms with Crippen LogP contribution in [0.1, 0.15) is 68.8 Å². The normalized spacial score (nSPS) is 17.4. The van der Waals surface area contributed by atoms with E-state index in [0.29, 0.717) is 6.61 Å². The molecule has 3 heterocycles. The lowest BCUT2D eigenvalue weighted by molar-refractivity contribution is -0.162. The van der Waals surface area contributed by atoms with Gasteiger partial charge >= 0.3 is 6.03 Å². The quantitative estimate of drug-likeness (QED) is 0.168. The fraction of sp³-hybridized carbons (Fsp3) is 0.450. The van der Waals surface area contributed by atoms with Gasteiger partial charge in [-0.05, 0) is 90.3 Å². The standard InChI is InChI=1S/C40H50N4O4/c1-28-29(10-9-21-48-38-13-7-8-20-47-38)24-31(40(2,3)4)25-37(28)43-39(45)42-36-17-16-33(34-11-5-6-12-35(34)36)30-14-15-32(41-26-30)27-44-18-22-46-23-19-44/h5-6,11-12,14-17,24-26,38H,7-10,13,18-23,27H2,1-4H3,(H2,42,43,45). The van der Waals surface area contributed by atoms with Crippen molar-refractivity contribution in [3.63, 3.8) is 0 Å². The highest BCUT2D eigenvalue weighted by atomic mass is 16.7. The molecule has 0 saturated carbocycles. The van der Waals surface area contributed by atoms with Gasteiger partial charge in [-0.25, -0.2) is 4.79 Å². The molecule has 48 heavy (non-hydrogen) atoms. The number of hydrogen-bond donors (Lipinski definition) is 2. The zero-order valence-corrected chi connectivity index (χ0v) is 28.9. The van der Waals surface area contributed by atoms with Crippen LogP contribution in [0.15, 0.2) is 66.9 Å². The van der Waals surface area contributed by atoms with Crippen LogP contribution in [-0.2, 0) is 32.6 Å². The van der Waals surface area contributed by atoms with Crippen molar-refractivity contribution >= 4 is 28.2 Å². The van der Waals surface area contributed by atoms with Gasteiger partial charge in [0.15, 0.2) is 6.29 Å². The molecule has 1 aromatic heterocycles. The molecule has 1 unspecified atom stereocenters. The van der Waals surface area contributed by atoms with Crippen LogP contribution >= 0.6 is 0 Å². The number of aromatic nitrogens is 1. The minimum absolute atomic E-state index is 0.0661. The number of hydrogen-bond acceptors (Lipinski definition) is 6. The summed E-state index contributed by atoms with van der Waals surface area (Å²) in [5, 5.41) is 8.37. The number of amides is 2. The molecule has 2 N–H and O–H groups in total. The van der Waals surface area contributed by atoms with Crippen LogP contribution < -0.4 is 10.6 Å². The first-order valence-corrected chi connectivity index (χ1v) is 17.5. The Morgan fingerprint density at radius 3 is 2.48 bits per heavy atom. The lowest BCUT2D eigenvalue weighted by Crippen LogP contribution is -2.35. The van der Waals surface area contributed by atoms with Crippen LogP contribution in [0.5, 0.6) is 0 Å². The van der Waals surface area contributed by atoms with Gasteiger partial charge < -0.3 is 24.8 Å². The summed E-state index contributed by atoms with van der Waals surface area (Å²) in [4.78, 5) is 20.7. The van der Waals surface area contributed by atoms with Gasteiger partial charge in [0.25, 0.3) is 0 Å². The highest BCUT2D eigenvalue weighted by Gasteiger charge is 2.20. The van der Waals surface area contributed by atoms with Crippen LogP contribution in [0.3, 0.4) is 0 Å². The molecule has 0 spiro atoms. The summed E-state index contributed by atoms with van der Waals surface area (Å²) in [5.74, 6) is 0. The molecule has 0 bridgehead atoms. The number of urea groups is 1. The van der Waals surface area contributed by atoms with Gasteiger partial charge in [-0.1, -0.05) is 63.2 Å². The SMILES string of the molecule is Cc1c(CCCOC2CCCCO2)cc(C(C)(C)C)cc1NC(=O)Nc1ccc(-c2ccc(CN3CCOCC3)nc2)c2ccccc12. The first kappa shape index (κ1) is 34.1. The van der Waals surface area contributed by atoms with E-state index in [9.17, 15) is 4.79 Å². The summed E-state index contributed by atoms with van der Waals surface area (Å²) >= 11 is 0. The third-order valence-corrected chi connectivity index (χ3v) is 9.46. The summed E-state index contributed by atoms with van der Waals surface area (Å²) in [6, 6.07) is 20.6. The molecule has 254 valence electrons. The molecule has 2 amide bonds. The lowest BCUT2D eigenvalue weighted by atomic mass is 9.84.